The highest BCUT2D eigenvalue weighted by Gasteiger charge is 2.20. The van der Waals surface area contributed by atoms with Crippen LogP contribution in [0.25, 0.3) is 0 Å². The smallest absolute Gasteiger partial charge is 0.308 e. The lowest BCUT2D eigenvalue weighted by atomic mass is 9.96. The predicted octanol–water partition coefficient (Wildman–Crippen LogP) is 2.76. The maximum Gasteiger partial charge on any atom is 0.308 e. The van der Waals surface area contributed by atoms with Crippen LogP contribution in [0.5, 0.6) is 0 Å². The van der Waals surface area contributed by atoms with Gasteiger partial charge in [0.05, 0.1) is 5.92 Å². The Morgan fingerprint density at radius 2 is 1.88 bits per heavy atom. The van der Waals surface area contributed by atoms with E-state index in [1.807, 2.05) is 45.0 Å². The van der Waals surface area contributed by atoms with E-state index in [2.05, 4.69) is 5.32 Å². The van der Waals surface area contributed by atoms with Crippen LogP contribution in [-0.2, 0) is 4.79 Å². The molecule has 1 aromatic carbocycles. The standard InChI is InChI=1S/C13H19NO2/c1-9(2)12(13(15)16)8-14-11-6-4-10(3)5-7-11/h4-7,9,12,14H,8H2,1-3H3,(H,15,16). The molecule has 3 heteroatoms. The van der Waals surface area contributed by atoms with Gasteiger partial charge < -0.3 is 10.4 Å². The summed E-state index contributed by atoms with van der Waals surface area (Å²) in [4.78, 5) is 11.0. The molecule has 0 spiro atoms. The van der Waals surface area contributed by atoms with Gasteiger partial charge >= 0.3 is 5.97 Å². The van der Waals surface area contributed by atoms with Crippen molar-refractivity contribution in [2.75, 3.05) is 11.9 Å². The molecule has 1 aromatic rings. The van der Waals surface area contributed by atoms with Crippen molar-refractivity contribution in [3.05, 3.63) is 29.8 Å². The summed E-state index contributed by atoms with van der Waals surface area (Å²) in [6.45, 7) is 6.35. The fourth-order valence-electron chi connectivity index (χ4n) is 1.51. The average molecular weight is 221 g/mol. The molecule has 2 N–H and O–H groups in total. The van der Waals surface area contributed by atoms with Crippen LogP contribution in [0.4, 0.5) is 5.69 Å². The predicted molar refractivity (Wildman–Crippen MR) is 65.6 cm³/mol. The number of hydrogen-bond donors (Lipinski definition) is 2. The summed E-state index contributed by atoms with van der Waals surface area (Å²) in [6, 6.07) is 7.95. The van der Waals surface area contributed by atoms with Gasteiger partial charge in [0.2, 0.25) is 0 Å². The Hall–Kier alpha value is -1.51. The molecule has 88 valence electrons. The van der Waals surface area contributed by atoms with Gasteiger partial charge in [-0.3, -0.25) is 4.79 Å². The van der Waals surface area contributed by atoms with Crippen LogP contribution >= 0.6 is 0 Å². The van der Waals surface area contributed by atoms with Crippen LogP contribution in [0, 0.1) is 18.8 Å². The molecule has 1 rings (SSSR count). The van der Waals surface area contributed by atoms with Crippen molar-refractivity contribution in [1.29, 1.82) is 0 Å². The quantitative estimate of drug-likeness (QED) is 0.803. The lowest BCUT2D eigenvalue weighted by Crippen LogP contribution is -2.27. The van der Waals surface area contributed by atoms with E-state index in [9.17, 15) is 4.79 Å². The average Bonchev–Trinajstić information content (AvgIpc) is 2.20. The van der Waals surface area contributed by atoms with Crippen LogP contribution in [0.1, 0.15) is 19.4 Å². The molecule has 0 bridgehead atoms. The van der Waals surface area contributed by atoms with Gasteiger partial charge in [-0.15, -0.1) is 0 Å². The number of benzene rings is 1. The molecular formula is C13H19NO2. The van der Waals surface area contributed by atoms with Crippen molar-refractivity contribution in [2.45, 2.75) is 20.8 Å². The molecule has 1 unspecified atom stereocenters. The fraction of sp³-hybridized carbons (Fsp3) is 0.462. The number of anilines is 1. The van der Waals surface area contributed by atoms with Crippen LogP contribution < -0.4 is 5.32 Å². The second kappa shape index (κ2) is 5.54. The van der Waals surface area contributed by atoms with E-state index in [4.69, 9.17) is 5.11 Å². The Balaban J connectivity index is 2.55. The van der Waals surface area contributed by atoms with Crippen LogP contribution in [0.15, 0.2) is 24.3 Å². The van der Waals surface area contributed by atoms with Crippen molar-refractivity contribution < 1.29 is 9.90 Å². The van der Waals surface area contributed by atoms with Gasteiger partial charge in [-0.1, -0.05) is 31.5 Å². The normalized spacial score (nSPS) is 12.5. The highest BCUT2D eigenvalue weighted by molar-refractivity contribution is 5.71. The largest absolute Gasteiger partial charge is 0.481 e. The summed E-state index contributed by atoms with van der Waals surface area (Å²) in [5, 5.41) is 12.2. The molecule has 0 aliphatic rings. The Morgan fingerprint density at radius 3 is 2.31 bits per heavy atom. The molecule has 0 heterocycles. The minimum absolute atomic E-state index is 0.135. The van der Waals surface area contributed by atoms with Crippen molar-refractivity contribution >= 4 is 11.7 Å². The summed E-state index contributed by atoms with van der Waals surface area (Å²) < 4.78 is 0. The summed E-state index contributed by atoms with van der Waals surface area (Å²) in [7, 11) is 0. The van der Waals surface area contributed by atoms with Crippen LogP contribution in [0.2, 0.25) is 0 Å². The Bertz CT molecular complexity index is 343. The Morgan fingerprint density at radius 1 is 1.31 bits per heavy atom. The molecule has 1 atom stereocenters. The monoisotopic (exact) mass is 221 g/mol. The van der Waals surface area contributed by atoms with Gasteiger partial charge in [-0.2, -0.15) is 0 Å². The number of nitrogens with one attached hydrogen (secondary N) is 1. The lowest BCUT2D eigenvalue weighted by molar-refractivity contribution is -0.142. The number of aryl methyl sites for hydroxylation is 1. The second-order valence-electron chi connectivity index (χ2n) is 4.44. The second-order valence-corrected chi connectivity index (χ2v) is 4.44. The van der Waals surface area contributed by atoms with Gasteiger partial charge in [-0.05, 0) is 25.0 Å². The Kier molecular flexibility index (Phi) is 4.35. The summed E-state index contributed by atoms with van der Waals surface area (Å²) in [6.07, 6.45) is 0. The topological polar surface area (TPSA) is 49.3 Å². The number of rotatable bonds is 5. The van der Waals surface area contributed by atoms with Gasteiger partial charge in [0.1, 0.15) is 0 Å². The third-order valence-electron chi connectivity index (χ3n) is 2.70. The van der Waals surface area contributed by atoms with E-state index in [0.717, 1.165) is 5.69 Å². The van der Waals surface area contributed by atoms with E-state index in [1.165, 1.54) is 5.56 Å². The van der Waals surface area contributed by atoms with E-state index in [-0.39, 0.29) is 11.8 Å². The first-order chi connectivity index (χ1) is 7.50. The first-order valence-corrected chi connectivity index (χ1v) is 5.54. The maximum absolute atomic E-state index is 11.0. The highest BCUT2D eigenvalue weighted by atomic mass is 16.4. The van der Waals surface area contributed by atoms with Crippen LogP contribution in [-0.4, -0.2) is 17.6 Å². The maximum atomic E-state index is 11.0. The number of aliphatic carboxylic acids is 1. The zero-order valence-electron chi connectivity index (χ0n) is 10.0. The molecule has 0 radical (unpaired) electrons. The highest BCUT2D eigenvalue weighted by Crippen LogP contribution is 2.14. The summed E-state index contributed by atoms with van der Waals surface area (Å²) >= 11 is 0. The molecule has 0 amide bonds. The minimum Gasteiger partial charge on any atom is -0.481 e. The number of carboxylic acid groups (broad SMARTS) is 1. The van der Waals surface area contributed by atoms with Crippen molar-refractivity contribution in [3.63, 3.8) is 0 Å². The number of carboxylic acids is 1. The summed E-state index contributed by atoms with van der Waals surface area (Å²) in [5.74, 6) is -0.952. The third kappa shape index (κ3) is 3.57. The van der Waals surface area contributed by atoms with Crippen LogP contribution in [0.3, 0.4) is 0 Å². The van der Waals surface area contributed by atoms with Gasteiger partial charge in [0.25, 0.3) is 0 Å². The molecule has 3 nitrogen and oxygen atoms in total. The molecule has 0 saturated carbocycles. The molecular weight excluding hydrogens is 202 g/mol. The third-order valence-corrected chi connectivity index (χ3v) is 2.70. The molecule has 16 heavy (non-hydrogen) atoms. The molecule has 0 aliphatic heterocycles. The minimum atomic E-state index is -0.741. The van der Waals surface area contributed by atoms with Gasteiger partial charge in [-0.25, -0.2) is 0 Å². The lowest BCUT2D eigenvalue weighted by Gasteiger charge is -2.17. The summed E-state index contributed by atoms with van der Waals surface area (Å²) in [5.41, 5.74) is 2.17. The Labute approximate surface area is 96.5 Å². The van der Waals surface area contributed by atoms with Crippen molar-refractivity contribution in [3.8, 4) is 0 Å². The van der Waals surface area contributed by atoms with Gasteiger partial charge in [0.15, 0.2) is 0 Å². The zero-order valence-corrected chi connectivity index (χ0v) is 10.0. The van der Waals surface area contributed by atoms with E-state index in [1.54, 1.807) is 0 Å². The molecule has 0 aliphatic carbocycles. The molecule has 0 fully saturated rings. The first kappa shape index (κ1) is 12.6. The number of carbonyl (C=O) groups is 1. The SMILES string of the molecule is Cc1ccc(NCC(C(=O)O)C(C)C)cc1. The zero-order chi connectivity index (χ0) is 12.1. The van der Waals surface area contributed by atoms with Crippen molar-refractivity contribution in [1.82, 2.24) is 0 Å². The fourth-order valence-corrected chi connectivity index (χ4v) is 1.51. The van der Waals surface area contributed by atoms with Crippen molar-refractivity contribution in [2.24, 2.45) is 11.8 Å². The molecule has 0 aromatic heterocycles. The van der Waals surface area contributed by atoms with E-state index < -0.39 is 5.97 Å². The molecule has 0 saturated heterocycles. The first-order valence-electron chi connectivity index (χ1n) is 5.54. The van der Waals surface area contributed by atoms with E-state index in [0.29, 0.717) is 6.54 Å². The number of hydrogen-bond acceptors (Lipinski definition) is 2. The van der Waals surface area contributed by atoms with Gasteiger partial charge in [0, 0.05) is 12.2 Å². The van der Waals surface area contributed by atoms with E-state index >= 15 is 0 Å².